The van der Waals surface area contributed by atoms with Crippen molar-refractivity contribution in [2.24, 2.45) is 0 Å². The van der Waals surface area contributed by atoms with E-state index in [1.807, 2.05) is 48.5 Å². The van der Waals surface area contributed by atoms with Crippen LogP contribution in [0.1, 0.15) is 6.42 Å². The Bertz CT molecular complexity index is 1450. The summed E-state index contributed by atoms with van der Waals surface area (Å²) in [7, 11) is 2.06. The van der Waals surface area contributed by atoms with Crippen molar-refractivity contribution in [2.75, 3.05) is 30.8 Å². The molecule has 0 aliphatic carbocycles. The van der Waals surface area contributed by atoms with E-state index in [1.54, 1.807) is 12.1 Å². The standard InChI is InChI=1S/C28H26ClN5O3/c1-3-27(35)33-24-14-21-23(15-26(24)37-20-11-12-34(2)16-20)30-17-31-28(21)32-18-9-10-25(22(29)13-18)36-19-7-5-4-6-8-19/h3-10,13-15,17,20H,1,11-12,16H2,2H3,(H,33,35)(H,30,31,32). The van der Waals surface area contributed by atoms with E-state index in [4.69, 9.17) is 21.1 Å². The summed E-state index contributed by atoms with van der Waals surface area (Å²) in [5, 5.41) is 7.31. The lowest BCUT2D eigenvalue weighted by Crippen LogP contribution is -2.22. The molecule has 8 nitrogen and oxygen atoms in total. The van der Waals surface area contributed by atoms with Crippen LogP contribution in [0.25, 0.3) is 10.9 Å². The second-order valence-electron chi connectivity index (χ2n) is 8.76. The maximum absolute atomic E-state index is 12.2. The number of likely N-dealkylation sites (tertiary alicyclic amines) is 1. The number of anilines is 3. The molecule has 0 radical (unpaired) electrons. The van der Waals surface area contributed by atoms with E-state index >= 15 is 0 Å². The summed E-state index contributed by atoms with van der Waals surface area (Å²) >= 11 is 6.50. The number of halogens is 1. The normalized spacial score (nSPS) is 15.4. The molecular weight excluding hydrogens is 490 g/mol. The molecule has 0 spiro atoms. The third-order valence-corrected chi connectivity index (χ3v) is 6.28. The number of amides is 1. The lowest BCUT2D eigenvalue weighted by molar-refractivity contribution is -0.111. The third kappa shape index (κ3) is 5.82. The fraction of sp³-hybridized carbons (Fsp3) is 0.179. The van der Waals surface area contributed by atoms with Crippen LogP contribution in [0, 0.1) is 0 Å². The van der Waals surface area contributed by atoms with Gasteiger partial charge in [-0.25, -0.2) is 9.97 Å². The van der Waals surface area contributed by atoms with E-state index in [0.29, 0.717) is 44.7 Å². The quantitative estimate of drug-likeness (QED) is 0.277. The monoisotopic (exact) mass is 515 g/mol. The molecule has 3 aromatic carbocycles. The lowest BCUT2D eigenvalue weighted by Gasteiger charge is -2.18. The first-order chi connectivity index (χ1) is 18.0. The Labute approximate surface area is 219 Å². The zero-order valence-corrected chi connectivity index (χ0v) is 21.0. The molecule has 1 fully saturated rings. The molecule has 1 aromatic heterocycles. The topological polar surface area (TPSA) is 88.6 Å². The minimum absolute atomic E-state index is 0.0278. The largest absolute Gasteiger partial charge is 0.487 e. The van der Waals surface area contributed by atoms with Gasteiger partial charge in [0.25, 0.3) is 0 Å². The predicted octanol–water partition coefficient (Wildman–Crippen LogP) is 6.03. The number of nitrogens with one attached hydrogen (secondary N) is 2. The summed E-state index contributed by atoms with van der Waals surface area (Å²) in [6.45, 7) is 5.33. The molecule has 2 heterocycles. The van der Waals surface area contributed by atoms with Crippen LogP contribution in [0.2, 0.25) is 5.02 Å². The minimum atomic E-state index is -0.333. The summed E-state index contributed by atoms with van der Waals surface area (Å²) in [4.78, 5) is 23.2. The summed E-state index contributed by atoms with van der Waals surface area (Å²) < 4.78 is 12.1. The van der Waals surface area contributed by atoms with Crippen molar-refractivity contribution < 1.29 is 14.3 Å². The molecule has 9 heteroatoms. The number of carbonyl (C=O) groups excluding carboxylic acids is 1. The van der Waals surface area contributed by atoms with Gasteiger partial charge in [0, 0.05) is 30.2 Å². The average molecular weight is 516 g/mol. The van der Waals surface area contributed by atoms with Gasteiger partial charge >= 0.3 is 0 Å². The van der Waals surface area contributed by atoms with Crippen LogP contribution < -0.4 is 20.1 Å². The molecule has 2 N–H and O–H groups in total. The second kappa shape index (κ2) is 10.9. The number of carbonyl (C=O) groups is 1. The van der Waals surface area contributed by atoms with Gasteiger partial charge in [-0.05, 0) is 55.9 Å². The molecule has 1 unspecified atom stereocenters. The van der Waals surface area contributed by atoms with Crippen molar-refractivity contribution in [3.05, 3.63) is 84.7 Å². The van der Waals surface area contributed by atoms with Crippen molar-refractivity contribution in [3.63, 3.8) is 0 Å². The highest BCUT2D eigenvalue weighted by Gasteiger charge is 2.23. The maximum atomic E-state index is 12.2. The first-order valence-corrected chi connectivity index (χ1v) is 12.2. The first kappa shape index (κ1) is 24.5. The van der Waals surface area contributed by atoms with Crippen LogP contribution in [0.4, 0.5) is 17.2 Å². The number of hydrogen-bond acceptors (Lipinski definition) is 7. The maximum Gasteiger partial charge on any atom is 0.247 e. The number of fused-ring (bicyclic) bond motifs is 1. The molecule has 37 heavy (non-hydrogen) atoms. The number of aromatic nitrogens is 2. The number of likely N-dealkylation sites (N-methyl/N-ethyl adjacent to an activating group) is 1. The van der Waals surface area contributed by atoms with E-state index in [1.165, 1.54) is 12.4 Å². The zero-order valence-electron chi connectivity index (χ0n) is 20.3. The fourth-order valence-corrected chi connectivity index (χ4v) is 4.37. The van der Waals surface area contributed by atoms with E-state index in [0.717, 1.165) is 25.2 Å². The molecule has 5 rings (SSSR count). The Balaban J connectivity index is 1.44. The van der Waals surface area contributed by atoms with Gasteiger partial charge in [-0.3, -0.25) is 4.79 Å². The highest BCUT2D eigenvalue weighted by Crippen LogP contribution is 2.36. The minimum Gasteiger partial charge on any atom is -0.487 e. The smallest absolute Gasteiger partial charge is 0.247 e. The summed E-state index contributed by atoms with van der Waals surface area (Å²) in [6.07, 6.45) is 3.64. The number of para-hydroxylation sites is 1. The first-order valence-electron chi connectivity index (χ1n) is 11.9. The Morgan fingerprint density at radius 1 is 1.14 bits per heavy atom. The van der Waals surface area contributed by atoms with Crippen LogP contribution in [-0.2, 0) is 4.79 Å². The van der Waals surface area contributed by atoms with Gasteiger partial charge in [-0.1, -0.05) is 36.4 Å². The summed E-state index contributed by atoms with van der Waals surface area (Å²) in [6, 6.07) is 18.5. The Morgan fingerprint density at radius 2 is 1.97 bits per heavy atom. The highest BCUT2D eigenvalue weighted by atomic mass is 35.5. The average Bonchev–Trinajstić information content (AvgIpc) is 3.31. The molecule has 0 saturated carbocycles. The van der Waals surface area contributed by atoms with E-state index in [9.17, 15) is 4.79 Å². The van der Waals surface area contributed by atoms with Gasteiger partial charge in [0.2, 0.25) is 5.91 Å². The van der Waals surface area contributed by atoms with E-state index in [2.05, 4.69) is 39.1 Å². The van der Waals surface area contributed by atoms with Crippen molar-refractivity contribution in [1.82, 2.24) is 14.9 Å². The predicted molar refractivity (Wildman–Crippen MR) is 146 cm³/mol. The van der Waals surface area contributed by atoms with Crippen LogP contribution >= 0.6 is 11.6 Å². The number of hydrogen-bond donors (Lipinski definition) is 2. The van der Waals surface area contributed by atoms with Crippen LogP contribution in [-0.4, -0.2) is 47.0 Å². The van der Waals surface area contributed by atoms with Crippen molar-refractivity contribution >= 4 is 45.6 Å². The van der Waals surface area contributed by atoms with Gasteiger partial charge in [0.15, 0.2) is 0 Å². The molecule has 188 valence electrons. The fourth-order valence-electron chi connectivity index (χ4n) is 4.15. The Hall–Kier alpha value is -4.14. The van der Waals surface area contributed by atoms with Gasteiger partial charge in [0.1, 0.15) is 35.5 Å². The van der Waals surface area contributed by atoms with Crippen LogP contribution in [0.3, 0.4) is 0 Å². The molecule has 1 saturated heterocycles. The SMILES string of the molecule is C=CC(=O)Nc1cc2c(Nc3ccc(Oc4ccccc4)c(Cl)c3)ncnc2cc1OC1CCN(C)C1. The second-order valence-corrected chi connectivity index (χ2v) is 9.16. The summed E-state index contributed by atoms with van der Waals surface area (Å²) in [5.74, 6) is 2.01. The van der Waals surface area contributed by atoms with Gasteiger partial charge < -0.3 is 25.0 Å². The lowest BCUT2D eigenvalue weighted by atomic mass is 10.1. The summed E-state index contributed by atoms with van der Waals surface area (Å²) in [5.41, 5.74) is 1.91. The molecule has 0 bridgehead atoms. The molecule has 1 aliphatic heterocycles. The van der Waals surface area contributed by atoms with Crippen molar-refractivity contribution in [1.29, 1.82) is 0 Å². The van der Waals surface area contributed by atoms with E-state index < -0.39 is 0 Å². The third-order valence-electron chi connectivity index (χ3n) is 5.99. The van der Waals surface area contributed by atoms with Gasteiger partial charge in [-0.15, -0.1) is 0 Å². The number of benzene rings is 3. The zero-order chi connectivity index (χ0) is 25.8. The molecule has 1 aliphatic rings. The highest BCUT2D eigenvalue weighted by molar-refractivity contribution is 6.32. The molecular formula is C28H26ClN5O3. The number of ether oxygens (including phenoxy) is 2. The van der Waals surface area contributed by atoms with Crippen LogP contribution in [0.5, 0.6) is 17.2 Å². The van der Waals surface area contributed by atoms with Gasteiger partial charge in [-0.2, -0.15) is 0 Å². The molecule has 1 atom stereocenters. The number of nitrogens with zero attached hydrogens (tertiary/aromatic N) is 3. The molecule has 4 aromatic rings. The molecule has 1 amide bonds. The van der Waals surface area contributed by atoms with Crippen LogP contribution in [0.15, 0.2) is 79.6 Å². The van der Waals surface area contributed by atoms with Gasteiger partial charge in [0.05, 0.1) is 16.2 Å². The Morgan fingerprint density at radius 3 is 2.70 bits per heavy atom. The van der Waals surface area contributed by atoms with Crippen molar-refractivity contribution in [2.45, 2.75) is 12.5 Å². The van der Waals surface area contributed by atoms with E-state index in [-0.39, 0.29) is 12.0 Å². The van der Waals surface area contributed by atoms with Crippen molar-refractivity contribution in [3.8, 4) is 17.2 Å². The number of rotatable bonds is 8. The Kier molecular flexibility index (Phi) is 7.20.